The fourth-order valence-corrected chi connectivity index (χ4v) is 1.21. The van der Waals surface area contributed by atoms with Gasteiger partial charge in [-0.1, -0.05) is 11.6 Å². The Hall–Kier alpha value is -0.640. The van der Waals surface area contributed by atoms with Gasteiger partial charge in [-0.25, -0.2) is 4.79 Å². The summed E-state index contributed by atoms with van der Waals surface area (Å²) in [4.78, 5) is 10.5. The van der Waals surface area contributed by atoms with Crippen LogP contribution in [-0.4, -0.2) is 17.2 Å². The highest BCUT2D eigenvalue weighted by molar-refractivity contribution is 6.30. The summed E-state index contributed by atoms with van der Waals surface area (Å²) in [5.41, 5.74) is 0.825. The lowest BCUT2D eigenvalue weighted by molar-refractivity contribution is -0.144. The Bertz CT molecular complexity index is 355. The van der Waals surface area contributed by atoms with Crippen LogP contribution < -0.4 is 4.74 Å². The van der Waals surface area contributed by atoms with Gasteiger partial charge in [0.25, 0.3) is 0 Å². The van der Waals surface area contributed by atoms with Crippen LogP contribution in [0.2, 0.25) is 5.02 Å². The second-order valence-electron chi connectivity index (χ2n) is 3.01. The van der Waals surface area contributed by atoms with E-state index in [-0.39, 0.29) is 24.8 Å². The smallest absolute Gasteiger partial charge is 0.344 e. The molecule has 3 nitrogen and oxygen atoms in total. The molecule has 0 saturated carbocycles. The number of rotatable bonds is 3. The summed E-state index contributed by atoms with van der Waals surface area (Å²) < 4.78 is 5.20. The Morgan fingerprint density at radius 2 is 2.00 bits per heavy atom. The molecule has 0 aliphatic rings. The Labute approximate surface area is 112 Å². The second kappa shape index (κ2) is 7.60. The first kappa shape index (κ1) is 17.7. The van der Waals surface area contributed by atoms with Gasteiger partial charge in [0.05, 0.1) is 0 Å². The number of ether oxygens (including phenoxy) is 1. The van der Waals surface area contributed by atoms with Gasteiger partial charge >= 0.3 is 5.97 Å². The largest absolute Gasteiger partial charge is 0.479 e. The highest BCUT2D eigenvalue weighted by Gasteiger charge is 2.13. The number of halogens is 3. The van der Waals surface area contributed by atoms with Crippen LogP contribution in [0.5, 0.6) is 5.75 Å². The molecule has 1 aromatic rings. The highest BCUT2D eigenvalue weighted by Crippen LogP contribution is 2.22. The molecule has 0 aromatic heterocycles. The first-order valence-corrected chi connectivity index (χ1v) is 4.54. The zero-order valence-electron chi connectivity index (χ0n) is 8.77. The first-order chi connectivity index (χ1) is 6.50. The van der Waals surface area contributed by atoms with Crippen molar-refractivity contribution in [3.63, 3.8) is 0 Å². The van der Waals surface area contributed by atoms with E-state index in [1.54, 1.807) is 18.2 Å². The van der Waals surface area contributed by atoms with E-state index >= 15 is 0 Å². The van der Waals surface area contributed by atoms with Crippen LogP contribution in [-0.2, 0) is 4.79 Å². The van der Waals surface area contributed by atoms with E-state index in [4.69, 9.17) is 21.4 Å². The normalized spacial score (nSPS) is 10.7. The lowest BCUT2D eigenvalue weighted by Crippen LogP contribution is -2.23. The topological polar surface area (TPSA) is 46.5 Å². The van der Waals surface area contributed by atoms with Crippen LogP contribution in [0.3, 0.4) is 0 Å². The van der Waals surface area contributed by atoms with Gasteiger partial charge in [0, 0.05) is 5.02 Å². The number of hydrogen-bond acceptors (Lipinski definition) is 2. The van der Waals surface area contributed by atoms with E-state index in [2.05, 4.69) is 0 Å². The van der Waals surface area contributed by atoms with Crippen molar-refractivity contribution < 1.29 is 14.6 Å². The van der Waals surface area contributed by atoms with Gasteiger partial charge in [0.15, 0.2) is 6.10 Å². The van der Waals surface area contributed by atoms with Gasteiger partial charge in [-0.15, -0.1) is 24.8 Å². The molecule has 92 valence electrons. The lowest BCUT2D eigenvalue weighted by atomic mass is 10.2. The van der Waals surface area contributed by atoms with E-state index < -0.39 is 12.1 Å². The number of carboxylic acids is 1. The van der Waals surface area contributed by atoms with Gasteiger partial charge < -0.3 is 9.84 Å². The minimum absolute atomic E-state index is 0. The number of carbonyl (C=O) groups is 1. The Balaban J connectivity index is 0. The molecule has 6 heteroatoms. The van der Waals surface area contributed by atoms with E-state index in [9.17, 15) is 4.79 Å². The minimum atomic E-state index is -0.987. The van der Waals surface area contributed by atoms with E-state index in [0.717, 1.165) is 5.56 Å². The summed E-state index contributed by atoms with van der Waals surface area (Å²) in [6.07, 6.45) is -0.852. The molecule has 16 heavy (non-hydrogen) atoms. The predicted octanol–water partition coefficient (Wildman–Crippen LogP) is 3.34. The van der Waals surface area contributed by atoms with Crippen molar-refractivity contribution in [2.24, 2.45) is 0 Å². The third-order valence-corrected chi connectivity index (χ3v) is 2.02. The molecule has 1 aromatic carbocycles. The zero-order chi connectivity index (χ0) is 10.7. The average molecular weight is 288 g/mol. The van der Waals surface area contributed by atoms with Crippen LogP contribution in [0.15, 0.2) is 18.2 Å². The molecule has 0 spiro atoms. The van der Waals surface area contributed by atoms with Crippen LogP contribution in [0, 0.1) is 6.92 Å². The number of aryl methyl sites for hydroxylation is 1. The fraction of sp³-hybridized carbons (Fsp3) is 0.300. The predicted molar refractivity (Wildman–Crippen MR) is 68.4 cm³/mol. The molecule has 0 fully saturated rings. The molecule has 1 atom stereocenters. The molecule has 1 N–H and O–H groups in total. The van der Waals surface area contributed by atoms with Crippen molar-refractivity contribution in [1.82, 2.24) is 0 Å². The lowest BCUT2D eigenvalue weighted by Gasteiger charge is -2.12. The Morgan fingerprint density at radius 3 is 2.44 bits per heavy atom. The maximum absolute atomic E-state index is 10.5. The number of benzene rings is 1. The molecule has 0 amide bonds. The fourth-order valence-electron chi connectivity index (χ4n) is 0.986. The number of hydrogen-bond donors (Lipinski definition) is 1. The highest BCUT2D eigenvalue weighted by atomic mass is 35.5. The van der Waals surface area contributed by atoms with Crippen LogP contribution >= 0.6 is 36.4 Å². The van der Waals surface area contributed by atoms with Crippen molar-refractivity contribution in [2.75, 3.05) is 0 Å². The number of aliphatic carboxylic acids is 1. The second-order valence-corrected chi connectivity index (χ2v) is 3.44. The van der Waals surface area contributed by atoms with Crippen molar-refractivity contribution in [3.8, 4) is 5.75 Å². The summed E-state index contributed by atoms with van der Waals surface area (Å²) in [5, 5.41) is 9.25. The molecule has 0 bridgehead atoms. The van der Waals surface area contributed by atoms with E-state index in [1.165, 1.54) is 6.92 Å². The molecule has 1 rings (SSSR count). The maximum Gasteiger partial charge on any atom is 0.344 e. The van der Waals surface area contributed by atoms with Gasteiger partial charge in [-0.2, -0.15) is 0 Å². The Kier molecular flexibility index (Phi) is 8.43. The van der Waals surface area contributed by atoms with Gasteiger partial charge in [0.2, 0.25) is 0 Å². The quantitative estimate of drug-likeness (QED) is 0.927. The zero-order valence-corrected chi connectivity index (χ0v) is 11.2. The van der Waals surface area contributed by atoms with Crippen LogP contribution in [0.4, 0.5) is 0 Å². The van der Waals surface area contributed by atoms with Crippen molar-refractivity contribution >= 4 is 42.4 Å². The van der Waals surface area contributed by atoms with Crippen LogP contribution in [0.25, 0.3) is 0 Å². The molecule has 1 unspecified atom stereocenters. The molecular weight excluding hydrogens is 274 g/mol. The van der Waals surface area contributed by atoms with Crippen molar-refractivity contribution in [2.45, 2.75) is 20.0 Å². The summed E-state index contributed by atoms with van der Waals surface area (Å²) >= 11 is 5.74. The van der Waals surface area contributed by atoms with Gasteiger partial charge in [-0.3, -0.25) is 0 Å². The van der Waals surface area contributed by atoms with Gasteiger partial charge in [0.1, 0.15) is 5.75 Å². The average Bonchev–Trinajstić information content (AvgIpc) is 2.09. The van der Waals surface area contributed by atoms with Crippen molar-refractivity contribution in [1.29, 1.82) is 0 Å². The standard InChI is InChI=1S/C10H11ClO3.2ClH/c1-6-5-8(11)3-4-9(6)14-7(2)10(12)13;;/h3-5,7H,1-2H3,(H,12,13);2*1H. The monoisotopic (exact) mass is 286 g/mol. The molecule has 0 aliphatic carbocycles. The summed E-state index contributed by atoms with van der Waals surface area (Å²) in [6.45, 7) is 3.30. The summed E-state index contributed by atoms with van der Waals surface area (Å²) in [6, 6.07) is 5.06. The Morgan fingerprint density at radius 1 is 1.44 bits per heavy atom. The summed E-state index contributed by atoms with van der Waals surface area (Å²) in [5.74, 6) is -0.441. The van der Waals surface area contributed by atoms with Crippen molar-refractivity contribution in [3.05, 3.63) is 28.8 Å². The van der Waals surface area contributed by atoms with E-state index in [0.29, 0.717) is 10.8 Å². The molecule has 0 aliphatic heterocycles. The maximum atomic E-state index is 10.5. The third-order valence-electron chi connectivity index (χ3n) is 1.79. The first-order valence-electron chi connectivity index (χ1n) is 4.16. The molecule has 0 saturated heterocycles. The molecular formula is C10H13Cl3O3. The third kappa shape index (κ3) is 4.92. The molecule has 0 heterocycles. The molecule has 0 radical (unpaired) electrons. The summed E-state index contributed by atoms with van der Waals surface area (Å²) in [7, 11) is 0. The van der Waals surface area contributed by atoms with Gasteiger partial charge in [-0.05, 0) is 37.6 Å². The van der Waals surface area contributed by atoms with Crippen LogP contribution in [0.1, 0.15) is 12.5 Å². The van der Waals surface area contributed by atoms with E-state index in [1.807, 2.05) is 6.92 Å². The SMILES string of the molecule is Cc1cc(Cl)ccc1OC(C)C(=O)O.Cl.Cl. The minimum Gasteiger partial charge on any atom is -0.479 e. The number of carboxylic acid groups (broad SMARTS) is 1.